The lowest BCUT2D eigenvalue weighted by atomic mass is 10.0. The van der Waals surface area contributed by atoms with Gasteiger partial charge < -0.3 is 10.2 Å². The van der Waals surface area contributed by atoms with Crippen LogP contribution in [0.5, 0.6) is 0 Å². The van der Waals surface area contributed by atoms with Gasteiger partial charge in [0.15, 0.2) is 0 Å². The van der Waals surface area contributed by atoms with Gasteiger partial charge in [0.2, 0.25) is 5.91 Å². The fraction of sp³-hybridized carbons (Fsp3) is 0.588. The minimum atomic E-state index is 0. The van der Waals surface area contributed by atoms with E-state index in [0.717, 1.165) is 31.6 Å². The van der Waals surface area contributed by atoms with Gasteiger partial charge in [0.25, 0.3) is 0 Å². The third-order valence-electron chi connectivity index (χ3n) is 3.92. The predicted molar refractivity (Wildman–Crippen MR) is 90.1 cm³/mol. The predicted octanol–water partition coefficient (Wildman–Crippen LogP) is 2.81. The molecule has 1 N–H and O–H groups in total. The van der Waals surface area contributed by atoms with Crippen molar-refractivity contribution in [1.29, 1.82) is 0 Å². The van der Waals surface area contributed by atoms with Crippen molar-refractivity contribution in [2.45, 2.75) is 45.6 Å². The van der Waals surface area contributed by atoms with Gasteiger partial charge in [-0.3, -0.25) is 4.79 Å². The highest BCUT2D eigenvalue weighted by molar-refractivity contribution is 5.85. The summed E-state index contributed by atoms with van der Waals surface area (Å²) in [5, 5.41) is 3.36. The second-order valence-corrected chi connectivity index (χ2v) is 5.79. The van der Waals surface area contributed by atoms with Crippen molar-refractivity contribution in [2.24, 2.45) is 0 Å². The van der Waals surface area contributed by atoms with Crippen LogP contribution in [0.1, 0.15) is 37.8 Å². The molecule has 0 bridgehead atoms. The number of nitrogens with zero attached hydrogens (tertiary/aromatic N) is 1. The molecule has 1 heterocycles. The highest BCUT2D eigenvalue weighted by Crippen LogP contribution is 2.10. The second kappa shape index (κ2) is 9.06. The van der Waals surface area contributed by atoms with Crippen molar-refractivity contribution in [3.05, 3.63) is 35.4 Å². The van der Waals surface area contributed by atoms with Gasteiger partial charge >= 0.3 is 0 Å². The first kappa shape index (κ1) is 18.0. The zero-order valence-electron chi connectivity index (χ0n) is 13.1. The maximum absolute atomic E-state index is 12.3. The molecule has 1 unspecified atom stereocenters. The van der Waals surface area contributed by atoms with Crippen molar-refractivity contribution >= 4 is 18.3 Å². The van der Waals surface area contributed by atoms with Crippen molar-refractivity contribution in [3.8, 4) is 0 Å². The molecule has 1 aliphatic rings. The number of hydrogen-bond acceptors (Lipinski definition) is 2. The van der Waals surface area contributed by atoms with Gasteiger partial charge in [0, 0.05) is 25.7 Å². The Kier molecular flexibility index (Phi) is 7.76. The number of carbonyl (C=O) groups excluding carboxylic acids is 1. The van der Waals surface area contributed by atoms with E-state index in [1.165, 1.54) is 18.4 Å². The molecule has 0 aromatic heterocycles. The van der Waals surface area contributed by atoms with Crippen LogP contribution in [0.2, 0.25) is 0 Å². The first-order chi connectivity index (χ1) is 9.69. The number of hydrogen-bond donors (Lipinski definition) is 1. The fourth-order valence-electron chi connectivity index (χ4n) is 2.65. The highest BCUT2D eigenvalue weighted by atomic mass is 35.5. The Morgan fingerprint density at radius 3 is 2.57 bits per heavy atom. The Labute approximate surface area is 134 Å². The third-order valence-corrected chi connectivity index (χ3v) is 3.92. The first-order valence-electron chi connectivity index (χ1n) is 7.78. The van der Waals surface area contributed by atoms with Crippen LogP contribution in [-0.4, -0.2) is 36.5 Å². The van der Waals surface area contributed by atoms with Gasteiger partial charge in [0.1, 0.15) is 0 Å². The summed E-state index contributed by atoms with van der Waals surface area (Å²) in [6.07, 6.45) is 4.12. The molecule has 1 fully saturated rings. The maximum atomic E-state index is 12.3. The summed E-state index contributed by atoms with van der Waals surface area (Å²) in [7, 11) is 0. The van der Waals surface area contributed by atoms with Crippen LogP contribution in [0, 0.1) is 0 Å². The molecule has 118 valence electrons. The normalized spacial score (nSPS) is 18.2. The smallest absolute Gasteiger partial charge is 0.227 e. The number of benzene rings is 1. The summed E-state index contributed by atoms with van der Waals surface area (Å²) < 4.78 is 0. The van der Waals surface area contributed by atoms with Crippen LogP contribution in [0.3, 0.4) is 0 Å². The van der Waals surface area contributed by atoms with E-state index in [2.05, 4.69) is 43.4 Å². The lowest BCUT2D eigenvalue weighted by Crippen LogP contribution is -2.51. The number of piperazine rings is 1. The van der Waals surface area contributed by atoms with E-state index >= 15 is 0 Å². The first-order valence-corrected chi connectivity index (χ1v) is 7.78. The highest BCUT2D eigenvalue weighted by Gasteiger charge is 2.20. The summed E-state index contributed by atoms with van der Waals surface area (Å²) in [6, 6.07) is 8.95. The van der Waals surface area contributed by atoms with E-state index in [4.69, 9.17) is 0 Å². The van der Waals surface area contributed by atoms with Gasteiger partial charge in [-0.25, -0.2) is 0 Å². The molecular weight excluding hydrogens is 284 g/mol. The molecule has 1 amide bonds. The Balaban J connectivity index is 0.00000220. The maximum Gasteiger partial charge on any atom is 0.227 e. The van der Waals surface area contributed by atoms with E-state index < -0.39 is 0 Å². The topological polar surface area (TPSA) is 32.3 Å². The van der Waals surface area contributed by atoms with E-state index in [0.29, 0.717) is 12.5 Å². The molecule has 1 aromatic rings. The quantitative estimate of drug-likeness (QED) is 0.907. The standard InChI is InChI=1S/C17H26N2O.ClH/c1-3-4-5-15-6-8-16(9-7-15)12-17(20)19-11-10-18-14(2)13-19;/h6-9,14,18H,3-5,10-13H2,1-2H3;1H. The second-order valence-electron chi connectivity index (χ2n) is 5.79. The van der Waals surface area contributed by atoms with E-state index in [1.807, 2.05) is 4.90 Å². The molecule has 3 nitrogen and oxygen atoms in total. The van der Waals surface area contributed by atoms with Crippen molar-refractivity contribution < 1.29 is 4.79 Å². The number of halogens is 1. The van der Waals surface area contributed by atoms with Gasteiger partial charge in [-0.15, -0.1) is 12.4 Å². The summed E-state index contributed by atoms with van der Waals surface area (Å²) >= 11 is 0. The van der Waals surface area contributed by atoms with Gasteiger partial charge in [-0.1, -0.05) is 37.6 Å². The monoisotopic (exact) mass is 310 g/mol. The number of rotatable bonds is 5. The molecule has 1 aliphatic heterocycles. The Morgan fingerprint density at radius 1 is 1.29 bits per heavy atom. The van der Waals surface area contributed by atoms with Crippen molar-refractivity contribution in [2.75, 3.05) is 19.6 Å². The summed E-state index contributed by atoms with van der Waals surface area (Å²) in [6.45, 7) is 6.90. The lowest BCUT2D eigenvalue weighted by Gasteiger charge is -2.32. The molecular formula is C17H27ClN2O. The Morgan fingerprint density at radius 2 is 1.95 bits per heavy atom. The van der Waals surface area contributed by atoms with Crippen LogP contribution >= 0.6 is 12.4 Å². The Bertz CT molecular complexity index is 433. The zero-order chi connectivity index (χ0) is 14.4. The SMILES string of the molecule is CCCCc1ccc(CC(=O)N2CCNC(C)C2)cc1.Cl. The number of nitrogens with one attached hydrogen (secondary N) is 1. The Hall–Kier alpha value is -1.06. The van der Waals surface area contributed by atoms with Gasteiger partial charge in [-0.2, -0.15) is 0 Å². The lowest BCUT2D eigenvalue weighted by molar-refractivity contribution is -0.131. The molecule has 0 saturated carbocycles. The molecule has 1 saturated heterocycles. The molecule has 0 radical (unpaired) electrons. The number of unbranched alkanes of at least 4 members (excludes halogenated alkanes) is 1. The molecule has 0 aliphatic carbocycles. The van der Waals surface area contributed by atoms with Crippen LogP contribution < -0.4 is 5.32 Å². The number of aryl methyl sites for hydroxylation is 1. The number of carbonyl (C=O) groups is 1. The molecule has 1 aromatic carbocycles. The minimum absolute atomic E-state index is 0. The van der Waals surface area contributed by atoms with Crippen molar-refractivity contribution in [3.63, 3.8) is 0 Å². The molecule has 0 spiro atoms. The molecule has 1 atom stereocenters. The van der Waals surface area contributed by atoms with Gasteiger partial charge in [-0.05, 0) is 30.9 Å². The zero-order valence-corrected chi connectivity index (χ0v) is 13.9. The number of amides is 1. The fourth-order valence-corrected chi connectivity index (χ4v) is 2.65. The summed E-state index contributed by atoms with van der Waals surface area (Å²) in [5.74, 6) is 0.250. The van der Waals surface area contributed by atoms with E-state index in [1.54, 1.807) is 0 Å². The van der Waals surface area contributed by atoms with Crippen LogP contribution in [-0.2, 0) is 17.6 Å². The summed E-state index contributed by atoms with van der Waals surface area (Å²) in [5.41, 5.74) is 2.50. The van der Waals surface area contributed by atoms with Crippen LogP contribution in [0.15, 0.2) is 24.3 Å². The van der Waals surface area contributed by atoms with E-state index in [-0.39, 0.29) is 18.3 Å². The van der Waals surface area contributed by atoms with Crippen LogP contribution in [0.25, 0.3) is 0 Å². The minimum Gasteiger partial charge on any atom is -0.340 e. The third kappa shape index (κ3) is 5.68. The molecule has 21 heavy (non-hydrogen) atoms. The van der Waals surface area contributed by atoms with Gasteiger partial charge in [0.05, 0.1) is 6.42 Å². The van der Waals surface area contributed by atoms with Crippen LogP contribution in [0.4, 0.5) is 0 Å². The van der Waals surface area contributed by atoms with Crippen molar-refractivity contribution in [1.82, 2.24) is 10.2 Å². The van der Waals surface area contributed by atoms with E-state index in [9.17, 15) is 4.79 Å². The largest absolute Gasteiger partial charge is 0.340 e. The molecule has 2 rings (SSSR count). The average molecular weight is 311 g/mol. The average Bonchev–Trinajstić information content (AvgIpc) is 2.46. The summed E-state index contributed by atoms with van der Waals surface area (Å²) in [4.78, 5) is 14.2. The molecule has 4 heteroatoms.